The van der Waals surface area contributed by atoms with Gasteiger partial charge in [0.2, 0.25) is 5.91 Å². The lowest BCUT2D eigenvalue weighted by atomic mass is 10.3. The van der Waals surface area contributed by atoms with Crippen LogP contribution in [0.3, 0.4) is 0 Å². The van der Waals surface area contributed by atoms with E-state index in [0.29, 0.717) is 17.6 Å². The molecule has 1 N–H and O–H groups in total. The van der Waals surface area contributed by atoms with Crippen molar-refractivity contribution in [1.29, 1.82) is 0 Å². The van der Waals surface area contributed by atoms with E-state index >= 15 is 0 Å². The molecule has 0 aliphatic carbocycles. The van der Waals surface area contributed by atoms with E-state index in [0.717, 1.165) is 6.42 Å². The number of likely N-dealkylation sites (N-methyl/N-ethyl adjacent to an activating group) is 1. The molecule has 0 bridgehead atoms. The third-order valence-electron chi connectivity index (χ3n) is 1.98. The van der Waals surface area contributed by atoms with Gasteiger partial charge >= 0.3 is 0 Å². The Hall–Kier alpha value is -1.36. The fraction of sp³-hybridized carbons (Fsp3) is 0.600. The fourth-order valence-corrected chi connectivity index (χ4v) is 1.22. The molecule has 0 fully saturated rings. The number of carbonyl (C=O) groups is 2. The number of carboxylic acid groups (broad SMARTS) is 1. The van der Waals surface area contributed by atoms with Crippen LogP contribution in [0.5, 0.6) is 0 Å². The highest BCUT2D eigenvalue weighted by atomic mass is 16.4. The molecule has 5 heteroatoms. The molecular weight excluding hydrogens is 196 g/mol. The van der Waals surface area contributed by atoms with Crippen LogP contribution in [-0.4, -0.2) is 50.1 Å². The summed E-state index contributed by atoms with van der Waals surface area (Å²) in [5, 5.41) is 13.0. The van der Waals surface area contributed by atoms with Gasteiger partial charge in [-0.25, -0.2) is 0 Å². The highest BCUT2D eigenvalue weighted by Gasteiger charge is 2.14. The topological polar surface area (TPSA) is 69.2 Å². The van der Waals surface area contributed by atoms with Gasteiger partial charge in [-0.3, -0.25) is 4.79 Å². The summed E-state index contributed by atoms with van der Waals surface area (Å²) in [6, 6.07) is 0. The van der Waals surface area contributed by atoms with Crippen molar-refractivity contribution < 1.29 is 19.2 Å². The number of nitrogens with one attached hydrogen (secondary N) is 1. The molecule has 0 heterocycles. The van der Waals surface area contributed by atoms with E-state index in [1.54, 1.807) is 0 Å². The van der Waals surface area contributed by atoms with Gasteiger partial charge in [0, 0.05) is 13.0 Å². The van der Waals surface area contributed by atoms with Crippen LogP contribution in [0, 0.1) is 0 Å². The Morgan fingerprint density at radius 1 is 1.47 bits per heavy atom. The minimum absolute atomic E-state index is 0.0184. The van der Waals surface area contributed by atoms with Crippen LogP contribution in [0.1, 0.15) is 6.42 Å². The number of nitrogens with zero attached hydrogens (tertiary/aromatic N) is 1. The molecule has 0 saturated heterocycles. The first-order chi connectivity index (χ1) is 6.87. The van der Waals surface area contributed by atoms with Crippen molar-refractivity contribution in [3.8, 4) is 0 Å². The largest absolute Gasteiger partial charge is 0.544 e. The summed E-state index contributed by atoms with van der Waals surface area (Å²) < 4.78 is 0.353. The van der Waals surface area contributed by atoms with Crippen LogP contribution in [0.15, 0.2) is 12.7 Å². The maximum absolute atomic E-state index is 10.8. The third-order valence-corrected chi connectivity index (χ3v) is 1.98. The highest BCUT2D eigenvalue weighted by molar-refractivity contribution is 5.86. The Morgan fingerprint density at radius 2 is 2.07 bits per heavy atom. The third kappa shape index (κ3) is 7.69. The van der Waals surface area contributed by atoms with Gasteiger partial charge in [-0.1, -0.05) is 6.58 Å². The maximum atomic E-state index is 10.8. The predicted octanol–water partition coefficient (Wildman–Crippen LogP) is -1.49. The monoisotopic (exact) mass is 214 g/mol. The summed E-state index contributed by atoms with van der Waals surface area (Å²) >= 11 is 0. The molecule has 5 nitrogen and oxygen atoms in total. The molecule has 0 aromatic heterocycles. The summed E-state index contributed by atoms with van der Waals surface area (Å²) in [6.45, 7) is 4.51. The number of carbonyl (C=O) groups excluding carboxylic acids is 2. The van der Waals surface area contributed by atoms with E-state index in [4.69, 9.17) is 0 Å². The highest BCUT2D eigenvalue weighted by Crippen LogP contribution is 1.97. The Labute approximate surface area is 90.0 Å². The summed E-state index contributed by atoms with van der Waals surface area (Å²) in [5.41, 5.74) is 0. The second-order valence-corrected chi connectivity index (χ2v) is 4.04. The maximum Gasteiger partial charge on any atom is 0.243 e. The van der Waals surface area contributed by atoms with E-state index < -0.39 is 5.97 Å². The number of quaternary nitrogens is 1. The second kappa shape index (κ2) is 6.19. The Bertz CT molecular complexity index is 249. The van der Waals surface area contributed by atoms with E-state index in [-0.39, 0.29) is 12.5 Å². The lowest BCUT2D eigenvalue weighted by Crippen LogP contribution is -2.49. The van der Waals surface area contributed by atoms with Crippen LogP contribution in [-0.2, 0) is 9.59 Å². The van der Waals surface area contributed by atoms with Gasteiger partial charge in [0.15, 0.2) is 0 Å². The van der Waals surface area contributed by atoms with Gasteiger partial charge in [-0.2, -0.15) is 0 Å². The number of aliphatic carboxylic acids is 1. The summed E-state index contributed by atoms with van der Waals surface area (Å²) in [7, 11) is 3.62. The summed E-state index contributed by atoms with van der Waals surface area (Å²) in [6.07, 6.45) is 1.93. The van der Waals surface area contributed by atoms with Gasteiger partial charge in [0.1, 0.15) is 6.54 Å². The van der Waals surface area contributed by atoms with E-state index in [2.05, 4.69) is 11.9 Å². The zero-order valence-corrected chi connectivity index (χ0v) is 9.28. The first-order valence-corrected chi connectivity index (χ1v) is 4.79. The van der Waals surface area contributed by atoms with Gasteiger partial charge < -0.3 is 19.7 Å². The average Bonchev–Trinajstić information content (AvgIpc) is 2.10. The lowest BCUT2D eigenvalue weighted by Gasteiger charge is -2.30. The molecule has 0 aliphatic rings. The molecule has 0 saturated carbocycles. The van der Waals surface area contributed by atoms with Crippen molar-refractivity contribution >= 4 is 11.9 Å². The van der Waals surface area contributed by atoms with E-state index in [1.165, 1.54) is 6.08 Å². The van der Waals surface area contributed by atoms with Gasteiger partial charge in [0.05, 0.1) is 26.6 Å². The summed E-state index contributed by atoms with van der Waals surface area (Å²) in [5.74, 6) is -1.27. The molecule has 0 rings (SSSR count). The molecule has 1 amide bonds. The Kier molecular flexibility index (Phi) is 5.62. The number of rotatable bonds is 7. The average molecular weight is 214 g/mol. The molecule has 0 aliphatic heterocycles. The van der Waals surface area contributed by atoms with Crippen molar-refractivity contribution in [2.45, 2.75) is 6.42 Å². The zero-order chi connectivity index (χ0) is 11.9. The van der Waals surface area contributed by atoms with Crippen molar-refractivity contribution in [3.63, 3.8) is 0 Å². The smallest absolute Gasteiger partial charge is 0.243 e. The number of carboxylic acids is 1. The number of hydrogen-bond donors (Lipinski definition) is 1. The quantitative estimate of drug-likeness (QED) is 0.319. The molecule has 0 aromatic rings. The Morgan fingerprint density at radius 3 is 2.53 bits per heavy atom. The standard InChI is InChI=1S/C10H18N2O3/c1-4-9(13)11-6-5-7-12(2,3)8-10(14)15/h4H,1,5-8H2,2-3H3,(H-,11,13,14,15). The van der Waals surface area contributed by atoms with Crippen LogP contribution < -0.4 is 10.4 Å². The van der Waals surface area contributed by atoms with Crippen LogP contribution in [0.25, 0.3) is 0 Å². The SMILES string of the molecule is C=CC(=O)NCCC[N+](C)(C)CC(=O)[O-]. The lowest BCUT2D eigenvalue weighted by molar-refractivity contribution is -0.884. The Balaban J connectivity index is 3.70. The molecule has 15 heavy (non-hydrogen) atoms. The molecule has 0 aromatic carbocycles. The minimum Gasteiger partial charge on any atom is -0.544 e. The molecule has 86 valence electrons. The van der Waals surface area contributed by atoms with Crippen molar-refractivity contribution in [2.75, 3.05) is 33.7 Å². The van der Waals surface area contributed by atoms with Crippen molar-refractivity contribution in [3.05, 3.63) is 12.7 Å². The van der Waals surface area contributed by atoms with Crippen LogP contribution in [0.4, 0.5) is 0 Å². The normalized spacial score (nSPS) is 10.8. The van der Waals surface area contributed by atoms with E-state index in [1.807, 2.05) is 14.1 Å². The molecular formula is C10H18N2O3. The van der Waals surface area contributed by atoms with Gasteiger partial charge in [-0.05, 0) is 6.08 Å². The first kappa shape index (κ1) is 13.6. The summed E-state index contributed by atoms with van der Waals surface area (Å²) in [4.78, 5) is 21.2. The molecule has 0 radical (unpaired) electrons. The fourth-order valence-electron chi connectivity index (χ4n) is 1.22. The predicted molar refractivity (Wildman–Crippen MR) is 54.7 cm³/mol. The number of amides is 1. The first-order valence-electron chi connectivity index (χ1n) is 4.79. The molecule has 0 spiro atoms. The van der Waals surface area contributed by atoms with Crippen molar-refractivity contribution in [2.24, 2.45) is 0 Å². The zero-order valence-electron chi connectivity index (χ0n) is 9.28. The van der Waals surface area contributed by atoms with Crippen molar-refractivity contribution in [1.82, 2.24) is 5.32 Å². The molecule has 0 unspecified atom stereocenters. The van der Waals surface area contributed by atoms with Gasteiger partial charge in [0.25, 0.3) is 0 Å². The second-order valence-electron chi connectivity index (χ2n) is 4.04. The molecule has 0 atom stereocenters. The van der Waals surface area contributed by atoms with E-state index in [9.17, 15) is 14.7 Å². The van der Waals surface area contributed by atoms with Crippen LogP contribution in [0.2, 0.25) is 0 Å². The van der Waals surface area contributed by atoms with Gasteiger partial charge in [-0.15, -0.1) is 0 Å². The van der Waals surface area contributed by atoms with Crippen LogP contribution >= 0.6 is 0 Å². The number of hydrogen-bond acceptors (Lipinski definition) is 3. The minimum atomic E-state index is -1.06.